The summed E-state index contributed by atoms with van der Waals surface area (Å²) in [5, 5.41) is 11.0. The Morgan fingerprint density at radius 2 is 1.68 bits per heavy atom. The lowest BCUT2D eigenvalue weighted by molar-refractivity contribution is -0.387. The summed E-state index contributed by atoms with van der Waals surface area (Å²) >= 11 is 5.70. The molecule has 0 bridgehead atoms. The number of rotatable bonds is 3. The highest BCUT2D eigenvalue weighted by atomic mass is 35.5. The Hall–Kier alpha value is -2.27. The molecule has 0 fully saturated rings. The Bertz CT molecular complexity index is 655. The summed E-state index contributed by atoms with van der Waals surface area (Å²) in [7, 11) is 0. The van der Waals surface area contributed by atoms with Crippen molar-refractivity contribution in [2.45, 2.75) is 0 Å². The van der Waals surface area contributed by atoms with Gasteiger partial charge in [0, 0.05) is 22.2 Å². The molecular formula is C13H7ClFNO3. The van der Waals surface area contributed by atoms with Crippen molar-refractivity contribution in [1.29, 1.82) is 0 Å². The van der Waals surface area contributed by atoms with Gasteiger partial charge in [0.05, 0.1) is 4.92 Å². The van der Waals surface area contributed by atoms with E-state index in [9.17, 15) is 19.3 Å². The Labute approximate surface area is 112 Å². The number of carbonyl (C=O) groups is 1. The van der Waals surface area contributed by atoms with E-state index >= 15 is 0 Å². The van der Waals surface area contributed by atoms with Crippen LogP contribution in [0, 0.1) is 15.9 Å². The number of nitro benzene ring substituents is 1. The third kappa shape index (κ3) is 2.77. The molecule has 0 saturated carbocycles. The molecule has 2 aromatic rings. The number of benzene rings is 2. The van der Waals surface area contributed by atoms with Gasteiger partial charge in [-0.3, -0.25) is 14.9 Å². The Kier molecular flexibility index (Phi) is 3.57. The number of ketones is 1. The second kappa shape index (κ2) is 5.16. The Balaban J connectivity index is 2.37. The van der Waals surface area contributed by atoms with Crippen LogP contribution in [-0.2, 0) is 0 Å². The van der Waals surface area contributed by atoms with Gasteiger partial charge in [-0.25, -0.2) is 0 Å². The molecule has 0 aromatic heterocycles. The van der Waals surface area contributed by atoms with E-state index in [1.165, 1.54) is 30.3 Å². The van der Waals surface area contributed by atoms with Gasteiger partial charge < -0.3 is 0 Å². The van der Waals surface area contributed by atoms with Crippen molar-refractivity contribution in [3.8, 4) is 0 Å². The number of hydrogen-bond donors (Lipinski definition) is 0. The molecule has 0 radical (unpaired) electrons. The van der Waals surface area contributed by atoms with Gasteiger partial charge in [-0.2, -0.15) is 4.39 Å². The number of halogens is 2. The van der Waals surface area contributed by atoms with Gasteiger partial charge in [-0.1, -0.05) is 11.6 Å². The minimum absolute atomic E-state index is 0.0467. The Morgan fingerprint density at radius 3 is 2.21 bits per heavy atom. The lowest BCUT2D eigenvalue weighted by Crippen LogP contribution is -2.03. The van der Waals surface area contributed by atoms with Crippen LogP contribution in [0.4, 0.5) is 10.1 Å². The zero-order valence-corrected chi connectivity index (χ0v) is 10.2. The second-order valence-corrected chi connectivity index (χ2v) is 4.20. The van der Waals surface area contributed by atoms with Gasteiger partial charge >= 0.3 is 5.69 Å². The van der Waals surface area contributed by atoms with Crippen molar-refractivity contribution in [3.05, 3.63) is 74.5 Å². The molecule has 0 aliphatic rings. The van der Waals surface area contributed by atoms with Gasteiger partial charge in [-0.05, 0) is 36.4 Å². The molecule has 2 aromatic carbocycles. The number of hydrogen-bond acceptors (Lipinski definition) is 3. The maximum Gasteiger partial charge on any atom is 0.304 e. The molecule has 6 heteroatoms. The molecule has 19 heavy (non-hydrogen) atoms. The van der Waals surface area contributed by atoms with E-state index in [1.807, 2.05) is 0 Å². The van der Waals surface area contributed by atoms with Crippen molar-refractivity contribution in [2.75, 3.05) is 0 Å². The van der Waals surface area contributed by atoms with Crippen molar-refractivity contribution in [3.63, 3.8) is 0 Å². The molecule has 0 spiro atoms. The fourth-order valence-corrected chi connectivity index (χ4v) is 1.69. The number of carbonyl (C=O) groups excluding carboxylic acids is 1. The first kappa shape index (κ1) is 13.2. The number of nitrogens with zero attached hydrogens (tertiary/aromatic N) is 1. The zero-order chi connectivity index (χ0) is 14.0. The molecule has 0 aliphatic heterocycles. The summed E-state index contributed by atoms with van der Waals surface area (Å²) in [4.78, 5) is 21.6. The normalized spacial score (nSPS) is 10.2. The van der Waals surface area contributed by atoms with Crippen LogP contribution in [0.1, 0.15) is 15.9 Å². The fourth-order valence-electron chi connectivity index (χ4n) is 1.56. The second-order valence-electron chi connectivity index (χ2n) is 3.76. The minimum Gasteiger partial charge on any atom is -0.289 e. The van der Waals surface area contributed by atoms with Crippen LogP contribution in [0.15, 0.2) is 42.5 Å². The maximum absolute atomic E-state index is 13.4. The smallest absolute Gasteiger partial charge is 0.289 e. The maximum atomic E-state index is 13.4. The predicted molar refractivity (Wildman–Crippen MR) is 67.9 cm³/mol. The third-order valence-corrected chi connectivity index (χ3v) is 2.76. The standard InChI is InChI=1S/C13H7ClFNO3/c14-10-4-1-8(2-5-10)13(17)9-3-6-12(16(18)19)11(15)7-9/h1-7H. The van der Waals surface area contributed by atoms with Crippen molar-refractivity contribution in [2.24, 2.45) is 0 Å². The Morgan fingerprint density at radius 1 is 1.11 bits per heavy atom. The molecule has 0 amide bonds. The summed E-state index contributed by atoms with van der Waals surface area (Å²) < 4.78 is 13.4. The summed E-state index contributed by atoms with van der Waals surface area (Å²) in [5.41, 5.74) is -0.282. The highest BCUT2D eigenvalue weighted by Crippen LogP contribution is 2.20. The molecule has 0 heterocycles. The summed E-state index contributed by atoms with van der Waals surface area (Å²) in [5.74, 6) is -1.46. The predicted octanol–water partition coefficient (Wildman–Crippen LogP) is 3.62. The van der Waals surface area contributed by atoms with Crippen LogP contribution in [0.25, 0.3) is 0 Å². The van der Waals surface area contributed by atoms with Gasteiger partial charge in [0.25, 0.3) is 0 Å². The highest BCUT2D eigenvalue weighted by Gasteiger charge is 2.17. The molecule has 4 nitrogen and oxygen atoms in total. The molecule has 0 N–H and O–H groups in total. The SMILES string of the molecule is O=C(c1ccc(Cl)cc1)c1ccc([N+](=O)[O-])c(F)c1. The van der Waals surface area contributed by atoms with Crippen LogP contribution in [0.2, 0.25) is 5.02 Å². The van der Waals surface area contributed by atoms with E-state index < -0.39 is 22.2 Å². The quantitative estimate of drug-likeness (QED) is 0.490. The molecule has 96 valence electrons. The molecule has 0 atom stereocenters. The first-order valence-corrected chi connectivity index (χ1v) is 5.61. The average molecular weight is 280 g/mol. The molecule has 2 rings (SSSR count). The van der Waals surface area contributed by atoms with Crippen LogP contribution in [0.5, 0.6) is 0 Å². The van der Waals surface area contributed by atoms with Crippen LogP contribution in [0.3, 0.4) is 0 Å². The van der Waals surface area contributed by atoms with Gasteiger partial charge in [0.1, 0.15) is 0 Å². The number of nitro groups is 1. The summed E-state index contributed by atoms with van der Waals surface area (Å²) in [6.07, 6.45) is 0. The van der Waals surface area contributed by atoms with E-state index in [-0.39, 0.29) is 5.56 Å². The minimum atomic E-state index is -1.04. The van der Waals surface area contributed by atoms with Gasteiger partial charge in [0.2, 0.25) is 5.82 Å². The summed E-state index contributed by atoms with van der Waals surface area (Å²) in [6, 6.07) is 9.13. The third-order valence-electron chi connectivity index (χ3n) is 2.51. The fraction of sp³-hybridized carbons (Fsp3) is 0. The lowest BCUT2D eigenvalue weighted by Gasteiger charge is -2.02. The van der Waals surface area contributed by atoms with Crippen molar-refractivity contribution in [1.82, 2.24) is 0 Å². The van der Waals surface area contributed by atoms with E-state index in [1.54, 1.807) is 0 Å². The first-order valence-electron chi connectivity index (χ1n) is 5.23. The summed E-state index contributed by atoms with van der Waals surface area (Å²) in [6.45, 7) is 0. The van der Waals surface area contributed by atoms with E-state index in [0.717, 1.165) is 12.1 Å². The first-order chi connectivity index (χ1) is 8.99. The molecule has 0 unspecified atom stereocenters. The van der Waals surface area contributed by atoms with Gasteiger partial charge in [0.15, 0.2) is 5.78 Å². The van der Waals surface area contributed by atoms with Gasteiger partial charge in [-0.15, -0.1) is 0 Å². The molecule has 0 saturated heterocycles. The molecule has 0 aliphatic carbocycles. The topological polar surface area (TPSA) is 60.2 Å². The highest BCUT2D eigenvalue weighted by molar-refractivity contribution is 6.30. The molecular weight excluding hydrogens is 273 g/mol. The van der Waals surface area contributed by atoms with Crippen LogP contribution >= 0.6 is 11.6 Å². The van der Waals surface area contributed by atoms with Crippen molar-refractivity contribution >= 4 is 23.1 Å². The van der Waals surface area contributed by atoms with E-state index in [0.29, 0.717) is 10.6 Å². The van der Waals surface area contributed by atoms with Crippen molar-refractivity contribution < 1.29 is 14.1 Å². The van der Waals surface area contributed by atoms with Crippen LogP contribution in [-0.4, -0.2) is 10.7 Å². The largest absolute Gasteiger partial charge is 0.304 e. The van der Waals surface area contributed by atoms with E-state index in [2.05, 4.69) is 0 Å². The monoisotopic (exact) mass is 279 g/mol. The van der Waals surface area contributed by atoms with E-state index in [4.69, 9.17) is 11.6 Å². The zero-order valence-electron chi connectivity index (χ0n) is 9.47. The lowest BCUT2D eigenvalue weighted by atomic mass is 10.0. The average Bonchev–Trinajstić information content (AvgIpc) is 2.38. The van der Waals surface area contributed by atoms with Crippen LogP contribution < -0.4 is 0 Å².